The zero-order chi connectivity index (χ0) is 24.2. The maximum absolute atomic E-state index is 12.8. The van der Waals surface area contributed by atoms with Gasteiger partial charge in [-0.3, -0.25) is 4.79 Å². The first-order valence-corrected chi connectivity index (χ1v) is 12.4. The average Bonchev–Trinajstić information content (AvgIpc) is 3.57. The predicted octanol–water partition coefficient (Wildman–Crippen LogP) is 4.61. The molecule has 35 heavy (non-hydrogen) atoms. The molecule has 2 N–H and O–H groups in total. The molecule has 3 unspecified atom stereocenters. The van der Waals surface area contributed by atoms with E-state index < -0.39 is 0 Å². The molecule has 2 heterocycles. The number of carbonyl (C=O) groups excluding carboxylic acids is 1. The van der Waals surface area contributed by atoms with Crippen molar-refractivity contribution in [1.29, 1.82) is 0 Å². The second-order valence-electron chi connectivity index (χ2n) is 9.00. The maximum Gasteiger partial charge on any atom is 0.311 e. The van der Waals surface area contributed by atoms with Crippen LogP contribution in [0.5, 0.6) is 0 Å². The Kier molecular flexibility index (Phi) is 6.74. The van der Waals surface area contributed by atoms with Crippen molar-refractivity contribution in [3.8, 4) is 0 Å². The van der Waals surface area contributed by atoms with E-state index in [1.807, 2.05) is 29.8 Å². The Morgan fingerprint density at radius 2 is 2.00 bits per heavy atom. The molecular formula is C26H31N7O2. The molecule has 0 bridgehead atoms. The number of esters is 1. The van der Waals surface area contributed by atoms with Crippen LogP contribution in [0, 0.1) is 5.92 Å². The highest BCUT2D eigenvalue weighted by Gasteiger charge is 2.37. The van der Waals surface area contributed by atoms with E-state index in [1.165, 1.54) is 5.56 Å². The van der Waals surface area contributed by atoms with Gasteiger partial charge >= 0.3 is 5.97 Å². The number of H-pyrrole nitrogens is 1. The lowest BCUT2D eigenvalue weighted by atomic mass is 9.84. The lowest BCUT2D eigenvalue weighted by molar-refractivity contribution is -0.151. The van der Waals surface area contributed by atoms with Crippen LogP contribution >= 0.6 is 0 Å². The summed E-state index contributed by atoms with van der Waals surface area (Å²) in [5.41, 5.74) is 5.09. The number of ether oxygens (including phenoxy) is 1. The van der Waals surface area contributed by atoms with Gasteiger partial charge in [0.15, 0.2) is 5.82 Å². The molecule has 9 heteroatoms. The first-order valence-electron chi connectivity index (χ1n) is 12.4. The van der Waals surface area contributed by atoms with Gasteiger partial charge < -0.3 is 15.0 Å². The van der Waals surface area contributed by atoms with Gasteiger partial charge in [-0.1, -0.05) is 44.0 Å². The minimum absolute atomic E-state index is 0.137. The van der Waals surface area contributed by atoms with Crippen molar-refractivity contribution in [1.82, 2.24) is 30.2 Å². The van der Waals surface area contributed by atoms with Gasteiger partial charge in [-0.25, -0.2) is 9.67 Å². The molecule has 0 saturated heterocycles. The topological polar surface area (TPSA) is 111 Å². The highest BCUT2D eigenvalue weighted by atomic mass is 16.5. The highest BCUT2D eigenvalue weighted by Crippen LogP contribution is 2.37. The summed E-state index contributed by atoms with van der Waals surface area (Å²) in [6.07, 6.45) is 6.30. The van der Waals surface area contributed by atoms with E-state index in [0.29, 0.717) is 12.4 Å². The second-order valence-corrected chi connectivity index (χ2v) is 9.00. The predicted molar refractivity (Wildman–Crippen MR) is 133 cm³/mol. The summed E-state index contributed by atoms with van der Waals surface area (Å²) in [5.74, 6) is 0.260. The number of aromatic amines is 1. The number of aryl methyl sites for hydroxylation is 1. The van der Waals surface area contributed by atoms with E-state index in [1.54, 1.807) is 6.33 Å². The number of rotatable bonds is 8. The van der Waals surface area contributed by atoms with Gasteiger partial charge in [0.1, 0.15) is 6.04 Å². The fourth-order valence-corrected chi connectivity index (χ4v) is 4.99. The fraction of sp³-hybridized carbons (Fsp3) is 0.423. The molecule has 4 aromatic rings. The summed E-state index contributed by atoms with van der Waals surface area (Å²) < 4.78 is 7.25. The van der Waals surface area contributed by atoms with Crippen LogP contribution in [0.15, 0.2) is 48.8 Å². The van der Waals surface area contributed by atoms with E-state index in [-0.39, 0.29) is 24.0 Å². The number of anilines is 1. The second kappa shape index (κ2) is 10.2. The molecule has 0 aliphatic heterocycles. The van der Waals surface area contributed by atoms with Crippen molar-refractivity contribution in [3.63, 3.8) is 0 Å². The number of carbonyl (C=O) groups is 1. The van der Waals surface area contributed by atoms with Gasteiger partial charge in [0, 0.05) is 5.69 Å². The van der Waals surface area contributed by atoms with Crippen molar-refractivity contribution < 1.29 is 9.53 Å². The van der Waals surface area contributed by atoms with Crippen LogP contribution in [-0.2, 0) is 16.0 Å². The SMILES string of the molecule is CCOC(=O)C1CCCCC1n1nnnc1C(Nc1ccc2nc[nH]c2c1)c1ccc(CC)cc1. The minimum Gasteiger partial charge on any atom is -0.466 e. The Morgan fingerprint density at radius 3 is 2.80 bits per heavy atom. The third-order valence-electron chi connectivity index (χ3n) is 6.86. The van der Waals surface area contributed by atoms with Crippen LogP contribution in [0.3, 0.4) is 0 Å². The van der Waals surface area contributed by atoms with E-state index >= 15 is 0 Å². The van der Waals surface area contributed by atoms with E-state index in [9.17, 15) is 4.79 Å². The summed E-state index contributed by atoms with van der Waals surface area (Å²) in [6.45, 7) is 4.35. The molecular weight excluding hydrogens is 442 g/mol. The number of nitrogens with zero attached hydrogens (tertiary/aromatic N) is 5. The Balaban J connectivity index is 1.53. The number of tetrazole rings is 1. The van der Waals surface area contributed by atoms with Gasteiger partial charge in [0.25, 0.3) is 0 Å². The van der Waals surface area contributed by atoms with Crippen LogP contribution in [0.1, 0.15) is 68.6 Å². The van der Waals surface area contributed by atoms with Crippen LogP contribution in [-0.4, -0.2) is 42.8 Å². The first-order chi connectivity index (χ1) is 17.2. The molecule has 5 rings (SSSR count). The van der Waals surface area contributed by atoms with E-state index in [0.717, 1.165) is 54.4 Å². The minimum atomic E-state index is -0.305. The number of benzene rings is 2. The zero-order valence-electron chi connectivity index (χ0n) is 20.1. The van der Waals surface area contributed by atoms with Crippen LogP contribution in [0.25, 0.3) is 11.0 Å². The van der Waals surface area contributed by atoms with Crippen molar-refractivity contribution in [2.75, 3.05) is 11.9 Å². The smallest absolute Gasteiger partial charge is 0.311 e. The third-order valence-corrected chi connectivity index (χ3v) is 6.86. The number of hydrogen-bond donors (Lipinski definition) is 2. The number of nitrogens with one attached hydrogen (secondary N) is 2. The molecule has 3 atom stereocenters. The van der Waals surface area contributed by atoms with Gasteiger partial charge in [-0.05, 0) is 65.9 Å². The third kappa shape index (κ3) is 4.76. The van der Waals surface area contributed by atoms with Crippen LogP contribution in [0.2, 0.25) is 0 Å². The zero-order valence-corrected chi connectivity index (χ0v) is 20.1. The summed E-state index contributed by atoms with van der Waals surface area (Å²) >= 11 is 0. The van der Waals surface area contributed by atoms with Crippen molar-refractivity contribution in [2.24, 2.45) is 5.92 Å². The normalized spacial score (nSPS) is 18.9. The molecule has 0 spiro atoms. The first kappa shape index (κ1) is 23.0. The lowest BCUT2D eigenvalue weighted by Gasteiger charge is -2.31. The fourth-order valence-electron chi connectivity index (χ4n) is 4.99. The van der Waals surface area contributed by atoms with Crippen molar-refractivity contribution >= 4 is 22.7 Å². The Bertz CT molecular complexity index is 1280. The average molecular weight is 474 g/mol. The van der Waals surface area contributed by atoms with Crippen molar-refractivity contribution in [3.05, 3.63) is 65.7 Å². The molecule has 1 fully saturated rings. The Morgan fingerprint density at radius 1 is 1.17 bits per heavy atom. The molecule has 1 aliphatic carbocycles. The molecule has 1 saturated carbocycles. The highest BCUT2D eigenvalue weighted by molar-refractivity contribution is 5.79. The molecule has 0 amide bonds. The van der Waals surface area contributed by atoms with E-state index in [4.69, 9.17) is 4.74 Å². The summed E-state index contributed by atoms with van der Waals surface area (Å²) in [4.78, 5) is 20.3. The summed E-state index contributed by atoms with van der Waals surface area (Å²) in [6, 6.07) is 14.1. The summed E-state index contributed by atoms with van der Waals surface area (Å²) in [7, 11) is 0. The molecule has 2 aromatic carbocycles. The number of fused-ring (bicyclic) bond motifs is 1. The number of aromatic nitrogens is 6. The monoisotopic (exact) mass is 473 g/mol. The van der Waals surface area contributed by atoms with Gasteiger partial charge in [0.2, 0.25) is 0 Å². The Labute approximate surface area is 204 Å². The molecule has 1 aliphatic rings. The molecule has 182 valence electrons. The largest absolute Gasteiger partial charge is 0.466 e. The van der Waals surface area contributed by atoms with Crippen LogP contribution in [0.4, 0.5) is 5.69 Å². The number of hydrogen-bond acceptors (Lipinski definition) is 7. The van der Waals surface area contributed by atoms with Gasteiger partial charge in [-0.2, -0.15) is 0 Å². The van der Waals surface area contributed by atoms with Gasteiger partial charge in [-0.15, -0.1) is 5.10 Å². The van der Waals surface area contributed by atoms with Gasteiger partial charge in [0.05, 0.1) is 35.9 Å². The maximum atomic E-state index is 12.8. The standard InChI is InChI=1S/C26H31N7O2/c1-3-17-9-11-18(12-10-17)24(29-19-13-14-21-22(15-19)28-16-27-21)25-30-31-32-33(25)23-8-6-5-7-20(23)26(34)35-4-2/h9-16,20,23-24,29H,3-8H2,1-2H3,(H,27,28). The Hall–Kier alpha value is -3.75. The molecule has 0 radical (unpaired) electrons. The molecule has 2 aromatic heterocycles. The quantitative estimate of drug-likeness (QED) is 0.360. The number of imidazole rings is 1. The summed E-state index contributed by atoms with van der Waals surface area (Å²) in [5, 5.41) is 16.5. The molecule has 9 nitrogen and oxygen atoms in total. The van der Waals surface area contributed by atoms with Crippen molar-refractivity contribution in [2.45, 2.75) is 58.0 Å². The lowest BCUT2D eigenvalue weighted by Crippen LogP contribution is -2.33. The van der Waals surface area contributed by atoms with E-state index in [2.05, 4.69) is 62.0 Å². The van der Waals surface area contributed by atoms with Crippen LogP contribution < -0.4 is 5.32 Å².